The van der Waals surface area contributed by atoms with Crippen LogP contribution in [0.25, 0.3) is 0 Å². The van der Waals surface area contributed by atoms with Gasteiger partial charge in [-0.25, -0.2) is 0 Å². The van der Waals surface area contributed by atoms with Gasteiger partial charge in [0.15, 0.2) is 0 Å². The maximum absolute atomic E-state index is 12.2. The Morgan fingerprint density at radius 1 is 1.22 bits per heavy atom. The molecule has 0 aliphatic rings. The van der Waals surface area contributed by atoms with Crippen LogP contribution in [0.1, 0.15) is 25.5 Å². The van der Waals surface area contributed by atoms with Crippen LogP contribution in [0.2, 0.25) is 0 Å². The fourth-order valence-corrected chi connectivity index (χ4v) is 2.00. The van der Waals surface area contributed by atoms with Crippen molar-refractivity contribution in [2.75, 3.05) is 13.2 Å². The first-order chi connectivity index (χ1) is 8.52. The first kappa shape index (κ1) is 15.4. The number of hydrogen-bond donors (Lipinski definition) is 2. The lowest BCUT2D eigenvalue weighted by Gasteiger charge is -2.17. The number of nitrogens with one attached hydrogen (secondary N) is 1. The van der Waals surface area contributed by atoms with E-state index in [1.807, 2.05) is 26.0 Å². The zero-order chi connectivity index (χ0) is 13.5. The lowest BCUT2D eigenvalue weighted by molar-refractivity contribution is 0.231. The molecule has 0 aromatic heterocycles. The maximum atomic E-state index is 12.2. The van der Waals surface area contributed by atoms with Crippen LogP contribution in [0, 0.1) is 5.92 Å². The highest BCUT2D eigenvalue weighted by molar-refractivity contribution is 7.99. The number of benzene rings is 1. The standard InChI is InChI=1S/C13H19F2NOS/c1-9(8-17)7-16-10(2)11-3-5-12(6-4-11)18-13(14)15/h3-6,9-10,13,16-17H,7-8H2,1-2H3. The molecule has 1 aromatic rings. The van der Waals surface area contributed by atoms with E-state index >= 15 is 0 Å². The number of aliphatic hydroxyl groups excluding tert-OH is 1. The van der Waals surface area contributed by atoms with Crippen LogP contribution in [-0.4, -0.2) is 24.0 Å². The molecule has 0 saturated carbocycles. The van der Waals surface area contributed by atoms with Crippen molar-refractivity contribution in [3.8, 4) is 0 Å². The topological polar surface area (TPSA) is 32.3 Å². The molecule has 18 heavy (non-hydrogen) atoms. The summed E-state index contributed by atoms with van der Waals surface area (Å²) < 4.78 is 24.3. The summed E-state index contributed by atoms with van der Waals surface area (Å²) in [5, 5.41) is 12.2. The lowest BCUT2D eigenvalue weighted by Crippen LogP contribution is -2.26. The number of rotatable bonds is 7. The van der Waals surface area contributed by atoms with Crippen LogP contribution in [0.3, 0.4) is 0 Å². The van der Waals surface area contributed by atoms with E-state index in [-0.39, 0.29) is 18.6 Å². The third kappa shape index (κ3) is 5.33. The Hall–Kier alpha value is -0.650. The molecule has 2 unspecified atom stereocenters. The highest BCUT2D eigenvalue weighted by atomic mass is 32.2. The van der Waals surface area contributed by atoms with E-state index in [1.54, 1.807) is 12.1 Å². The normalized spacial score (nSPS) is 14.8. The summed E-state index contributed by atoms with van der Waals surface area (Å²) in [4.78, 5) is 0.574. The Morgan fingerprint density at radius 3 is 2.33 bits per heavy atom. The largest absolute Gasteiger partial charge is 0.396 e. The van der Waals surface area contributed by atoms with Gasteiger partial charge in [0.05, 0.1) is 0 Å². The van der Waals surface area contributed by atoms with Crippen molar-refractivity contribution < 1.29 is 13.9 Å². The molecule has 1 rings (SSSR count). The van der Waals surface area contributed by atoms with Gasteiger partial charge in [0.2, 0.25) is 0 Å². The van der Waals surface area contributed by atoms with E-state index < -0.39 is 5.76 Å². The Balaban J connectivity index is 2.50. The van der Waals surface area contributed by atoms with Crippen LogP contribution in [0.5, 0.6) is 0 Å². The fraction of sp³-hybridized carbons (Fsp3) is 0.538. The summed E-state index contributed by atoms with van der Waals surface area (Å²) in [6, 6.07) is 7.27. The van der Waals surface area contributed by atoms with Crippen molar-refractivity contribution in [2.24, 2.45) is 5.92 Å². The molecule has 0 heterocycles. The monoisotopic (exact) mass is 275 g/mol. The second-order valence-electron chi connectivity index (χ2n) is 4.37. The second-order valence-corrected chi connectivity index (χ2v) is 5.43. The molecule has 2 nitrogen and oxygen atoms in total. The van der Waals surface area contributed by atoms with E-state index in [4.69, 9.17) is 5.11 Å². The van der Waals surface area contributed by atoms with Crippen LogP contribution < -0.4 is 5.32 Å². The third-order valence-electron chi connectivity index (χ3n) is 2.69. The van der Waals surface area contributed by atoms with E-state index in [2.05, 4.69) is 5.32 Å². The van der Waals surface area contributed by atoms with E-state index in [0.29, 0.717) is 16.7 Å². The van der Waals surface area contributed by atoms with Gasteiger partial charge < -0.3 is 10.4 Å². The van der Waals surface area contributed by atoms with Crippen molar-refractivity contribution in [1.29, 1.82) is 0 Å². The van der Waals surface area contributed by atoms with Crippen molar-refractivity contribution in [2.45, 2.75) is 30.5 Å². The summed E-state index contributed by atoms with van der Waals surface area (Å²) in [6.07, 6.45) is 0. The Bertz CT molecular complexity index is 345. The predicted molar refractivity (Wildman–Crippen MR) is 71.0 cm³/mol. The van der Waals surface area contributed by atoms with Crippen molar-refractivity contribution in [1.82, 2.24) is 5.32 Å². The van der Waals surface area contributed by atoms with Crippen molar-refractivity contribution >= 4 is 11.8 Å². The molecule has 0 saturated heterocycles. The molecule has 0 amide bonds. The smallest absolute Gasteiger partial charge is 0.288 e. The molecule has 102 valence electrons. The van der Waals surface area contributed by atoms with Crippen LogP contribution in [0.4, 0.5) is 8.78 Å². The van der Waals surface area contributed by atoms with Gasteiger partial charge in [-0.05, 0) is 30.5 Å². The number of alkyl halides is 2. The Kier molecular flexibility index (Phi) is 6.60. The lowest BCUT2D eigenvalue weighted by atomic mass is 10.1. The minimum Gasteiger partial charge on any atom is -0.396 e. The minimum atomic E-state index is -2.38. The molecular formula is C13H19F2NOS. The minimum absolute atomic E-state index is 0.143. The van der Waals surface area contributed by atoms with Crippen LogP contribution >= 0.6 is 11.8 Å². The van der Waals surface area contributed by atoms with Gasteiger partial charge in [-0.3, -0.25) is 0 Å². The van der Waals surface area contributed by atoms with Gasteiger partial charge >= 0.3 is 0 Å². The van der Waals surface area contributed by atoms with E-state index in [0.717, 1.165) is 12.1 Å². The summed E-state index contributed by atoms with van der Waals surface area (Å²) in [7, 11) is 0. The molecule has 0 fully saturated rings. The SMILES string of the molecule is CC(CO)CNC(C)c1ccc(SC(F)F)cc1. The van der Waals surface area contributed by atoms with E-state index in [1.165, 1.54) is 0 Å². The van der Waals surface area contributed by atoms with Gasteiger partial charge in [-0.2, -0.15) is 8.78 Å². The van der Waals surface area contributed by atoms with Gasteiger partial charge in [0.1, 0.15) is 0 Å². The van der Waals surface area contributed by atoms with E-state index in [9.17, 15) is 8.78 Å². The summed E-state index contributed by atoms with van der Waals surface area (Å²) >= 11 is 0.554. The maximum Gasteiger partial charge on any atom is 0.288 e. The number of thioether (sulfide) groups is 1. The van der Waals surface area contributed by atoms with Gasteiger partial charge in [0.25, 0.3) is 5.76 Å². The highest BCUT2D eigenvalue weighted by Gasteiger charge is 2.09. The molecule has 2 atom stereocenters. The van der Waals surface area contributed by atoms with Gasteiger partial charge in [0, 0.05) is 24.1 Å². The highest BCUT2D eigenvalue weighted by Crippen LogP contribution is 2.26. The molecular weight excluding hydrogens is 256 g/mol. The molecule has 0 bridgehead atoms. The molecule has 0 spiro atoms. The summed E-state index contributed by atoms with van der Waals surface area (Å²) in [5.41, 5.74) is 1.05. The van der Waals surface area contributed by atoms with Crippen molar-refractivity contribution in [3.05, 3.63) is 29.8 Å². The molecule has 0 aliphatic carbocycles. The average Bonchev–Trinajstić information content (AvgIpc) is 2.35. The summed E-state index contributed by atoms with van der Waals surface area (Å²) in [6.45, 7) is 4.86. The molecule has 1 aromatic carbocycles. The zero-order valence-corrected chi connectivity index (χ0v) is 11.4. The van der Waals surface area contributed by atoms with Gasteiger partial charge in [-0.15, -0.1) is 0 Å². The predicted octanol–water partition coefficient (Wildman–Crippen LogP) is 3.28. The van der Waals surface area contributed by atoms with Crippen LogP contribution in [0.15, 0.2) is 29.2 Å². The fourth-order valence-electron chi connectivity index (χ4n) is 1.50. The van der Waals surface area contributed by atoms with Gasteiger partial charge in [-0.1, -0.05) is 30.8 Å². The number of aliphatic hydroxyl groups is 1. The summed E-state index contributed by atoms with van der Waals surface area (Å²) in [5.74, 6) is -2.17. The second kappa shape index (κ2) is 7.71. The molecule has 2 N–H and O–H groups in total. The Labute approximate surface area is 111 Å². The zero-order valence-electron chi connectivity index (χ0n) is 10.6. The average molecular weight is 275 g/mol. The number of halogens is 2. The third-order valence-corrected chi connectivity index (χ3v) is 3.41. The molecule has 0 radical (unpaired) electrons. The quantitative estimate of drug-likeness (QED) is 0.749. The first-order valence-corrected chi connectivity index (χ1v) is 6.80. The van der Waals surface area contributed by atoms with Crippen LogP contribution in [-0.2, 0) is 0 Å². The molecule has 5 heteroatoms. The molecule has 0 aliphatic heterocycles. The number of hydrogen-bond acceptors (Lipinski definition) is 3. The van der Waals surface area contributed by atoms with Crippen molar-refractivity contribution in [3.63, 3.8) is 0 Å². The first-order valence-electron chi connectivity index (χ1n) is 5.92. The Morgan fingerprint density at radius 2 is 1.83 bits per heavy atom.